The zero-order valence-electron chi connectivity index (χ0n) is 11.5. The average molecular weight is 270 g/mol. The second-order valence-corrected chi connectivity index (χ2v) is 4.82. The van der Waals surface area contributed by atoms with Gasteiger partial charge in [0.15, 0.2) is 0 Å². The Kier molecular flexibility index (Phi) is 4.77. The molecule has 3 nitrogen and oxygen atoms in total. The number of hydrogen-bond acceptors (Lipinski definition) is 2. The minimum absolute atomic E-state index is 0.198. The summed E-state index contributed by atoms with van der Waals surface area (Å²) in [6.45, 7) is 2.04. The van der Waals surface area contributed by atoms with E-state index in [-0.39, 0.29) is 12.3 Å². The normalized spacial score (nSPS) is 11.8. The minimum atomic E-state index is -0.749. The fourth-order valence-electron chi connectivity index (χ4n) is 2.00. The van der Waals surface area contributed by atoms with Crippen molar-refractivity contribution in [3.05, 3.63) is 60.2 Å². The number of aliphatic carboxylic acids is 1. The number of carboxylic acid groups (broad SMARTS) is 1. The largest absolute Gasteiger partial charge is 0.481 e. The maximum Gasteiger partial charge on any atom is 0.303 e. The van der Waals surface area contributed by atoms with Gasteiger partial charge in [0.25, 0.3) is 0 Å². The molecule has 3 heteroatoms. The molecule has 0 bridgehead atoms. The van der Waals surface area contributed by atoms with Crippen LogP contribution in [0.1, 0.15) is 31.2 Å². The molecule has 0 fully saturated rings. The van der Waals surface area contributed by atoms with Crippen LogP contribution in [0, 0.1) is 0 Å². The lowest BCUT2D eigenvalue weighted by molar-refractivity contribution is -0.137. The SMILES string of the molecule is C[C@H](CCC(=O)O)c1ccc(Oc2ccccc2)cc1. The molecule has 0 aliphatic rings. The van der Waals surface area contributed by atoms with E-state index in [0.29, 0.717) is 6.42 Å². The third kappa shape index (κ3) is 4.12. The number of hydrogen-bond donors (Lipinski definition) is 1. The first kappa shape index (κ1) is 14.1. The van der Waals surface area contributed by atoms with E-state index in [1.165, 1.54) is 0 Å². The first-order chi connectivity index (χ1) is 9.65. The Bertz CT molecular complexity index is 546. The molecule has 2 rings (SSSR count). The standard InChI is InChI=1S/C17H18O3/c1-13(7-12-17(18)19)14-8-10-16(11-9-14)20-15-5-3-2-4-6-15/h2-6,8-11,13H,7,12H2,1H3,(H,18,19)/t13-/m1/s1. The van der Waals surface area contributed by atoms with Crippen LogP contribution in [0.2, 0.25) is 0 Å². The maximum absolute atomic E-state index is 10.6. The van der Waals surface area contributed by atoms with Gasteiger partial charge in [0.1, 0.15) is 11.5 Å². The van der Waals surface area contributed by atoms with Crippen molar-refractivity contribution in [3.8, 4) is 11.5 Å². The Morgan fingerprint density at radius 2 is 1.65 bits per heavy atom. The van der Waals surface area contributed by atoms with Gasteiger partial charge in [-0.05, 0) is 42.2 Å². The zero-order chi connectivity index (χ0) is 14.4. The van der Waals surface area contributed by atoms with Crippen molar-refractivity contribution in [2.75, 3.05) is 0 Å². The Hall–Kier alpha value is -2.29. The molecule has 2 aromatic carbocycles. The monoisotopic (exact) mass is 270 g/mol. The summed E-state index contributed by atoms with van der Waals surface area (Å²) in [5.74, 6) is 1.07. The number of ether oxygens (including phenoxy) is 1. The van der Waals surface area contributed by atoms with Crippen molar-refractivity contribution in [2.45, 2.75) is 25.7 Å². The van der Waals surface area contributed by atoms with Crippen molar-refractivity contribution < 1.29 is 14.6 Å². The van der Waals surface area contributed by atoms with Crippen LogP contribution in [-0.2, 0) is 4.79 Å². The van der Waals surface area contributed by atoms with Crippen molar-refractivity contribution >= 4 is 5.97 Å². The molecule has 0 aliphatic carbocycles. The van der Waals surface area contributed by atoms with Gasteiger partial charge in [0.2, 0.25) is 0 Å². The van der Waals surface area contributed by atoms with E-state index >= 15 is 0 Å². The molecule has 0 aliphatic heterocycles. The van der Waals surface area contributed by atoms with Gasteiger partial charge in [-0.2, -0.15) is 0 Å². The van der Waals surface area contributed by atoms with E-state index < -0.39 is 5.97 Å². The first-order valence-electron chi connectivity index (χ1n) is 6.70. The molecule has 2 aromatic rings. The van der Waals surface area contributed by atoms with Gasteiger partial charge < -0.3 is 9.84 Å². The second-order valence-electron chi connectivity index (χ2n) is 4.82. The Morgan fingerprint density at radius 1 is 1.05 bits per heavy atom. The molecule has 1 N–H and O–H groups in total. The molecular weight excluding hydrogens is 252 g/mol. The highest BCUT2D eigenvalue weighted by molar-refractivity contribution is 5.66. The first-order valence-corrected chi connectivity index (χ1v) is 6.70. The summed E-state index contributed by atoms with van der Waals surface area (Å²) in [6.07, 6.45) is 0.845. The lowest BCUT2D eigenvalue weighted by Gasteiger charge is -2.11. The summed E-state index contributed by atoms with van der Waals surface area (Å²) in [5, 5.41) is 8.70. The summed E-state index contributed by atoms with van der Waals surface area (Å²) in [5.41, 5.74) is 1.13. The van der Waals surface area contributed by atoms with E-state index in [2.05, 4.69) is 0 Å². The summed E-state index contributed by atoms with van der Waals surface area (Å²) in [4.78, 5) is 10.6. The van der Waals surface area contributed by atoms with Gasteiger partial charge in [-0.25, -0.2) is 0 Å². The molecule has 104 valence electrons. The summed E-state index contributed by atoms with van der Waals surface area (Å²) >= 11 is 0. The number of carboxylic acids is 1. The van der Waals surface area contributed by atoms with Crippen molar-refractivity contribution in [1.29, 1.82) is 0 Å². The molecule has 20 heavy (non-hydrogen) atoms. The zero-order valence-corrected chi connectivity index (χ0v) is 11.5. The molecule has 0 saturated heterocycles. The Balaban J connectivity index is 1.97. The third-order valence-electron chi connectivity index (χ3n) is 3.22. The second kappa shape index (κ2) is 6.75. The van der Waals surface area contributed by atoms with Gasteiger partial charge in [0.05, 0.1) is 0 Å². The van der Waals surface area contributed by atoms with Crippen molar-refractivity contribution in [2.24, 2.45) is 0 Å². The summed E-state index contributed by atoms with van der Waals surface area (Å²) < 4.78 is 5.72. The molecule has 0 saturated carbocycles. The van der Waals surface area contributed by atoms with Crippen LogP contribution in [0.15, 0.2) is 54.6 Å². The lowest BCUT2D eigenvalue weighted by Crippen LogP contribution is -2.00. The average Bonchev–Trinajstić information content (AvgIpc) is 2.46. The molecule has 0 heterocycles. The minimum Gasteiger partial charge on any atom is -0.481 e. The summed E-state index contributed by atoms with van der Waals surface area (Å²) in [7, 11) is 0. The molecule has 1 atom stereocenters. The predicted octanol–water partition coefficient (Wildman–Crippen LogP) is 4.45. The quantitative estimate of drug-likeness (QED) is 0.843. The van der Waals surface area contributed by atoms with Crippen LogP contribution in [0.25, 0.3) is 0 Å². The van der Waals surface area contributed by atoms with Gasteiger partial charge in [-0.3, -0.25) is 4.79 Å². The number of para-hydroxylation sites is 1. The van der Waals surface area contributed by atoms with Crippen LogP contribution >= 0.6 is 0 Å². The van der Waals surface area contributed by atoms with Gasteiger partial charge in [-0.15, -0.1) is 0 Å². The molecule has 0 spiro atoms. The highest BCUT2D eigenvalue weighted by Crippen LogP contribution is 2.25. The lowest BCUT2D eigenvalue weighted by atomic mass is 9.96. The molecule has 0 radical (unpaired) electrons. The smallest absolute Gasteiger partial charge is 0.303 e. The summed E-state index contributed by atoms with van der Waals surface area (Å²) in [6, 6.07) is 17.4. The highest BCUT2D eigenvalue weighted by atomic mass is 16.5. The molecule has 0 unspecified atom stereocenters. The fourth-order valence-corrected chi connectivity index (χ4v) is 2.00. The number of rotatable bonds is 6. The molecule has 0 amide bonds. The van der Waals surface area contributed by atoms with Gasteiger partial charge in [0, 0.05) is 6.42 Å². The van der Waals surface area contributed by atoms with Crippen molar-refractivity contribution in [1.82, 2.24) is 0 Å². The van der Waals surface area contributed by atoms with Gasteiger partial charge in [-0.1, -0.05) is 37.3 Å². The third-order valence-corrected chi connectivity index (χ3v) is 3.22. The topological polar surface area (TPSA) is 46.5 Å². The van der Waals surface area contributed by atoms with E-state index in [9.17, 15) is 4.79 Å². The maximum atomic E-state index is 10.6. The van der Waals surface area contributed by atoms with E-state index in [0.717, 1.165) is 17.1 Å². The van der Waals surface area contributed by atoms with E-state index in [1.807, 2.05) is 61.5 Å². The Labute approximate surface area is 118 Å². The predicted molar refractivity (Wildman–Crippen MR) is 78.2 cm³/mol. The number of benzene rings is 2. The van der Waals surface area contributed by atoms with E-state index in [4.69, 9.17) is 9.84 Å². The van der Waals surface area contributed by atoms with E-state index in [1.54, 1.807) is 0 Å². The number of carbonyl (C=O) groups is 1. The van der Waals surface area contributed by atoms with Crippen LogP contribution in [0.3, 0.4) is 0 Å². The van der Waals surface area contributed by atoms with Gasteiger partial charge >= 0.3 is 5.97 Å². The van der Waals surface area contributed by atoms with Crippen LogP contribution in [0.5, 0.6) is 11.5 Å². The van der Waals surface area contributed by atoms with Crippen LogP contribution in [-0.4, -0.2) is 11.1 Å². The van der Waals surface area contributed by atoms with Crippen LogP contribution < -0.4 is 4.74 Å². The Morgan fingerprint density at radius 3 is 2.25 bits per heavy atom. The molecule has 0 aromatic heterocycles. The van der Waals surface area contributed by atoms with Crippen molar-refractivity contribution in [3.63, 3.8) is 0 Å². The highest BCUT2D eigenvalue weighted by Gasteiger charge is 2.08. The molecular formula is C17H18O3. The fraction of sp³-hybridized carbons (Fsp3) is 0.235. The van der Waals surface area contributed by atoms with Crippen LogP contribution in [0.4, 0.5) is 0 Å².